The fourth-order valence-corrected chi connectivity index (χ4v) is 4.91. The van der Waals surface area contributed by atoms with E-state index in [2.05, 4.69) is 41.4 Å². The molecule has 0 amide bonds. The third-order valence-corrected chi connectivity index (χ3v) is 6.82. The number of aromatic nitrogens is 3. The fourth-order valence-electron chi connectivity index (χ4n) is 3.81. The average molecular weight is 435 g/mol. The Morgan fingerprint density at radius 3 is 2.67 bits per heavy atom. The van der Waals surface area contributed by atoms with Crippen molar-refractivity contribution in [2.45, 2.75) is 58.4 Å². The lowest BCUT2D eigenvalue weighted by molar-refractivity contribution is 0.152. The van der Waals surface area contributed by atoms with Crippen LogP contribution in [0.25, 0.3) is 22.2 Å². The van der Waals surface area contributed by atoms with Crippen LogP contribution in [0.15, 0.2) is 30.6 Å². The normalized spacial score (nSPS) is 16.0. The molecule has 1 saturated carbocycles. The van der Waals surface area contributed by atoms with Gasteiger partial charge in [-0.1, -0.05) is 32.9 Å². The summed E-state index contributed by atoms with van der Waals surface area (Å²) in [6, 6.07) is 5.81. The molecule has 30 heavy (non-hydrogen) atoms. The van der Waals surface area contributed by atoms with E-state index in [1.54, 1.807) is 7.05 Å². The molecule has 3 aromatic rings. The van der Waals surface area contributed by atoms with E-state index in [-0.39, 0.29) is 16.2 Å². The summed E-state index contributed by atoms with van der Waals surface area (Å²) >= 11 is 0. The predicted molar refractivity (Wildman–Crippen MR) is 117 cm³/mol. The van der Waals surface area contributed by atoms with E-state index >= 15 is 0 Å². The van der Waals surface area contributed by atoms with Crippen LogP contribution < -0.4 is 4.72 Å². The highest BCUT2D eigenvalue weighted by Gasteiger charge is 2.28. The maximum absolute atomic E-state index is 13.5. The molecule has 8 heteroatoms. The Morgan fingerprint density at radius 2 is 2.03 bits per heavy atom. The van der Waals surface area contributed by atoms with Crippen LogP contribution in [0.3, 0.4) is 0 Å². The van der Waals surface area contributed by atoms with Crippen LogP contribution >= 0.6 is 0 Å². The second-order valence-corrected chi connectivity index (χ2v) is 10.8. The quantitative estimate of drug-likeness (QED) is 0.573. The van der Waals surface area contributed by atoms with Gasteiger partial charge in [-0.15, -0.1) is 0 Å². The summed E-state index contributed by atoms with van der Waals surface area (Å²) < 4.78 is 46.0. The zero-order valence-electron chi connectivity index (χ0n) is 17.8. The van der Waals surface area contributed by atoms with Gasteiger partial charge in [0.05, 0.1) is 28.4 Å². The lowest BCUT2D eigenvalue weighted by Crippen LogP contribution is -2.19. The number of benzene rings is 1. The molecule has 1 aliphatic carbocycles. The number of hydrogen-bond donors (Lipinski definition) is 1. The number of alkyl halides is 2. The summed E-state index contributed by atoms with van der Waals surface area (Å²) in [6.45, 7) is 7.80. The van der Waals surface area contributed by atoms with Gasteiger partial charge in [-0.05, 0) is 29.9 Å². The van der Waals surface area contributed by atoms with Crippen molar-refractivity contribution in [2.75, 3.05) is 0 Å². The van der Waals surface area contributed by atoms with E-state index < -0.39 is 17.4 Å². The van der Waals surface area contributed by atoms with Gasteiger partial charge in [0.15, 0.2) is 0 Å². The number of rotatable bonds is 7. The molecule has 162 valence electrons. The van der Waals surface area contributed by atoms with Gasteiger partial charge in [0.1, 0.15) is 0 Å². The van der Waals surface area contributed by atoms with Crippen molar-refractivity contribution in [1.82, 2.24) is 19.1 Å². The number of aryl methyl sites for hydroxylation is 1. The molecule has 4 rings (SSSR count). The lowest BCUT2D eigenvalue weighted by Gasteiger charge is -2.20. The van der Waals surface area contributed by atoms with E-state index in [1.807, 2.05) is 18.2 Å². The van der Waals surface area contributed by atoms with Gasteiger partial charge in [0.25, 0.3) is 6.43 Å². The molecular weight excluding hydrogens is 406 g/mol. The van der Waals surface area contributed by atoms with Gasteiger partial charge in [-0.25, -0.2) is 17.7 Å². The first-order chi connectivity index (χ1) is 14.1. The molecule has 0 spiro atoms. The summed E-state index contributed by atoms with van der Waals surface area (Å²) in [4.78, 5) is 0. The van der Waals surface area contributed by atoms with Crippen LogP contribution in [0.5, 0.6) is 0 Å². The Labute approximate surface area is 178 Å². The lowest BCUT2D eigenvalue weighted by atomic mass is 9.97. The Morgan fingerprint density at radius 1 is 1.30 bits per heavy atom. The van der Waals surface area contributed by atoms with Crippen molar-refractivity contribution >= 4 is 21.9 Å². The van der Waals surface area contributed by atoms with Gasteiger partial charge in [0.2, 0.25) is 0 Å². The van der Waals surface area contributed by atoms with Crippen molar-refractivity contribution in [3.05, 3.63) is 41.7 Å². The molecule has 1 unspecified atom stereocenters. The number of nitrogens with zero attached hydrogens (tertiary/aromatic N) is 3. The maximum atomic E-state index is 13.5. The SMILES string of the molecule is Cn1ncc(C(F)F)c1-c1ccc2c(CNS(=O)C3CC3)cn(CC(C)(C)C)c2c1. The number of halogens is 2. The molecule has 0 aliphatic heterocycles. The van der Waals surface area contributed by atoms with Gasteiger partial charge >= 0.3 is 0 Å². The highest BCUT2D eigenvalue weighted by atomic mass is 32.2. The number of fused-ring (bicyclic) bond motifs is 1. The number of hydrogen-bond acceptors (Lipinski definition) is 2. The Kier molecular flexibility index (Phi) is 5.57. The van der Waals surface area contributed by atoms with Crippen molar-refractivity contribution in [3.63, 3.8) is 0 Å². The second-order valence-electron chi connectivity index (χ2n) is 9.27. The van der Waals surface area contributed by atoms with Crippen LogP contribution in [0.2, 0.25) is 0 Å². The van der Waals surface area contributed by atoms with E-state index in [0.29, 0.717) is 17.8 Å². The molecule has 2 aromatic heterocycles. The van der Waals surface area contributed by atoms with Crippen LogP contribution in [0.4, 0.5) is 8.78 Å². The first kappa shape index (κ1) is 21.2. The molecule has 1 N–H and O–H groups in total. The minimum Gasteiger partial charge on any atom is -0.347 e. The highest BCUT2D eigenvalue weighted by Crippen LogP contribution is 2.34. The average Bonchev–Trinajstić information content (AvgIpc) is 3.37. The summed E-state index contributed by atoms with van der Waals surface area (Å²) in [5.74, 6) is 0. The van der Waals surface area contributed by atoms with Crippen LogP contribution in [-0.2, 0) is 31.1 Å². The molecule has 0 bridgehead atoms. The number of nitrogens with one attached hydrogen (secondary N) is 1. The van der Waals surface area contributed by atoms with Crippen molar-refractivity contribution in [2.24, 2.45) is 12.5 Å². The maximum Gasteiger partial charge on any atom is 0.267 e. The summed E-state index contributed by atoms with van der Waals surface area (Å²) in [7, 11) is 0.675. The standard InChI is InChI=1S/C22H28F2N4OS/c1-22(2,3)13-28-12-15(10-26-30(29)16-6-7-16)17-8-5-14(9-19(17)28)20-18(21(23)24)11-25-27(20)4/h5,8-9,11-12,16,21,26H,6-7,10,13H2,1-4H3. The summed E-state index contributed by atoms with van der Waals surface area (Å²) in [5.41, 5.74) is 3.18. The Bertz CT molecular complexity index is 1090. The fraction of sp³-hybridized carbons (Fsp3) is 0.500. The monoisotopic (exact) mass is 434 g/mol. The first-order valence-corrected chi connectivity index (χ1v) is 11.4. The van der Waals surface area contributed by atoms with Gasteiger partial charge in [-0.3, -0.25) is 4.68 Å². The minimum absolute atomic E-state index is 0.0458. The highest BCUT2D eigenvalue weighted by molar-refractivity contribution is 7.83. The zero-order chi connectivity index (χ0) is 21.6. The molecular formula is C22H28F2N4OS. The van der Waals surface area contributed by atoms with Crippen molar-refractivity contribution < 1.29 is 13.0 Å². The Hall–Kier alpha value is -2.06. The molecule has 1 aromatic carbocycles. The third-order valence-electron chi connectivity index (χ3n) is 5.32. The topological polar surface area (TPSA) is 51.9 Å². The van der Waals surface area contributed by atoms with E-state index in [4.69, 9.17) is 0 Å². The van der Waals surface area contributed by atoms with E-state index in [9.17, 15) is 13.0 Å². The minimum atomic E-state index is -2.58. The van der Waals surface area contributed by atoms with Crippen LogP contribution in [0, 0.1) is 5.41 Å². The van der Waals surface area contributed by atoms with Crippen molar-refractivity contribution in [3.8, 4) is 11.3 Å². The van der Waals surface area contributed by atoms with E-state index in [1.165, 1.54) is 10.9 Å². The zero-order valence-corrected chi connectivity index (χ0v) is 18.6. The second kappa shape index (κ2) is 7.89. The molecule has 5 nitrogen and oxygen atoms in total. The predicted octanol–water partition coefficient (Wildman–Crippen LogP) is 4.94. The summed E-state index contributed by atoms with van der Waals surface area (Å²) in [6.07, 6.45) is 2.79. The largest absolute Gasteiger partial charge is 0.347 e. The van der Waals surface area contributed by atoms with Crippen LogP contribution in [-0.4, -0.2) is 23.8 Å². The molecule has 0 saturated heterocycles. The van der Waals surface area contributed by atoms with Crippen molar-refractivity contribution in [1.29, 1.82) is 0 Å². The third kappa shape index (κ3) is 4.34. The smallest absolute Gasteiger partial charge is 0.267 e. The van der Waals surface area contributed by atoms with Gasteiger partial charge < -0.3 is 4.57 Å². The molecule has 1 aliphatic rings. The van der Waals surface area contributed by atoms with E-state index in [0.717, 1.165) is 35.9 Å². The first-order valence-electron chi connectivity index (χ1n) is 10.2. The van der Waals surface area contributed by atoms with Gasteiger partial charge in [-0.2, -0.15) is 5.10 Å². The molecule has 1 fully saturated rings. The molecule has 0 radical (unpaired) electrons. The van der Waals surface area contributed by atoms with Gasteiger partial charge in [0, 0.05) is 48.1 Å². The molecule has 1 atom stereocenters. The Balaban J connectivity index is 1.76. The molecule has 2 heterocycles. The summed E-state index contributed by atoms with van der Waals surface area (Å²) in [5, 5.41) is 5.36. The van der Waals surface area contributed by atoms with Crippen LogP contribution in [0.1, 0.15) is 51.2 Å².